The fourth-order valence-corrected chi connectivity index (χ4v) is 2.46. The molecule has 1 N–H and O–H groups in total. The average molecular weight is 241 g/mol. The molecule has 0 aromatic carbocycles. The maximum absolute atomic E-state index is 11.8. The number of carbonyl (C=O) groups is 1. The van der Waals surface area contributed by atoms with Crippen molar-refractivity contribution in [3.63, 3.8) is 0 Å². The van der Waals surface area contributed by atoms with Crippen molar-refractivity contribution in [3.05, 3.63) is 0 Å². The highest BCUT2D eigenvalue weighted by molar-refractivity contribution is 5.81. The molecule has 1 aliphatic rings. The van der Waals surface area contributed by atoms with E-state index in [4.69, 9.17) is 0 Å². The number of hydrogen-bond donors (Lipinski definition) is 1. The molecule has 1 aliphatic heterocycles. The van der Waals surface area contributed by atoms with Gasteiger partial charge in [0.05, 0.1) is 6.04 Å². The molecule has 0 aliphatic carbocycles. The van der Waals surface area contributed by atoms with Crippen LogP contribution in [-0.2, 0) is 4.79 Å². The fraction of sp³-hybridized carbons (Fsp3) is 0.923. The molecule has 0 radical (unpaired) electrons. The van der Waals surface area contributed by atoms with Gasteiger partial charge in [0.1, 0.15) is 0 Å². The molecule has 1 saturated heterocycles. The molecule has 0 bridgehead atoms. The van der Waals surface area contributed by atoms with Gasteiger partial charge in [-0.25, -0.2) is 0 Å². The van der Waals surface area contributed by atoms with Crippen LogP contribution in [0, 0.1) is 0 Å². The van der Waals surface area contributed by atoms with Crippen LogP contribution in [0.1, 0.15) is 33.6 Å². The summed E-state index contributed by atoms with van der Waals surface area (Å²) in [5, 5.41) is 3.46. The summed E-state index contributed by atoms with van der Waals surface area (Å²) in [6.07, 6.45) is 2.07. The van der Waals surface area contributed by atoms with Gasteiger partial charge in [-0.3, -0.25) is 9.69 Å². The maximum atomic E-state index is 11.8. The Balaban J connectivity index is 2.42. The molecule has 1 heterocycles. The third-order valence-corrected chi connectivity index (χ3v) is 3.57. The Kier molecular flexibility index (Phi) is 5.40. The molecule has 0 spiro atoms. The average Bonchev–Trinajstić information content (AvgIpc) is 2.72. The van der Waals surface area contributed by atoms with Crippen molar-refractivity contribution in [1.29, 1.82) is 0 Å². The lowest BCUT2D eigenvalue weighted by Crippen LogP contribution is -2.46. The molecule has 0 saturated carbocycles. The molecule has 0 aromatic rings. The monoisotopic (exact) mass is 241 g/mol. The second-order valence-electron chi connectivity index (χ2n) is 5.41. The van der Waals surface area contributed by atoms with Crippen molar-refractivity contribution in [2.24, 2.45) is 0 Å². The number of amides is 1. The van der Waals surface area contributed by atoms with E-state index in [9.17, 15) is 4.79 Å². The number of nitrogens with one attached hydrogen (secondary N) is 1. The Labute approximate surface area is 105 Å². The van der Waals surface area contributed by atoms with Gasteiger partial charge in [0.2, 0.25) is 5.91 Å². The van der Waals surface area contributed by atoms with Crippen LogP contribution in [0.4, 0.5) is 0 Å². The van der Waals surface area contributed by atoms with Crippen LogP contribution in [0.2, 0.25) is 0 Å². The Morgan fingerprint density at radius 1 is 1.35 bits per heavy atom. The summed E-state index contributed by atoms with van der Waals surface area (Å²) in [4.78, 5) is 16.0. The summed E-state index contributed by atoms with van der Waals surface area (Å²) in [6, 6.07) is 1.07. The Morgan fingerprint density at radius 2 is 2.00 bits per heavy atom. The Bertz CT molecular complexity index is 253. The van der Waals surface area contributed by atoms with Gasteiger partial charge in [0, 0.05) is 32.7 Å². The van der Waals surface area contributed by atoms with Gasteiger partial charge in [-0.15, -0.1) is 0 Å². The van der Waals surface area contributed by atoms with Crippen molar-refractivity contribution in [1.82, 2.24) is 15.1 Å². The van der Waals surface area contributed by atoms with E-state index in [0.717, 1.165) is 25.9 Å². The van der Waals surface area contributed by atoms with Gasteiger partial charge in [0.15, 0.2) is 0 Å². The van der Waals surface area contributed by atoms with Crippen LogP contribution >= 0.6 is 0 Å². The first-order chi connectivity index (χ1) is 7.95. The third-order valence-electron chi connectivity index (χ3n) is 3.57. The largest absolute Gasteiger partial charge is 0.347 e. The van der Waals surface area contributed by atoms with Gasteiger partial charge < -0.3 is 10.2 Å². The van der Waals surface area contributed by atoms with Crippen LogP contribution in [0.15, 0.2) is 0 Å². The van der Waals surface area contributed by atoms with Crippen LogP contribution in [0.5, 0.6) is 0 Å². The molecular weight excluding hydrogens is 214 g/mol. The number of nitrogens with zero attached hydrogens (tertiary/aromatic N) is 2. The predicted molar refractivity (Wildman–Crippen MR) is 71.0 cm³/mol. The van der Waals surface area contributed by atoms with Crippen LogP contribution in [0.25, 0.3) is 0 Å². The molecule has 0 aromatic heterocycles. The highest BCUT2D eigenvalue weighted by Crippen LogP contribution is 2.15. The lowest BCUT2D eigenvalue weighted by Gasteiger charge is -2.28. The highest BCUT2D eigenvalue weighted by Gasteiger charge is 2.30. The highest BCUT2D eigenvalue weighted by atomic mass is 16.2. The zero-order chi connectivity index (χ0) is 13.0. The van der Waals surface area contributed by atoms with E-state index < -0.39 is 0 Å². The smallest absolute Gasteiger partial charge is 0.239 e. The molecule has 2 atom stereocenters. The second-order valence-corrected chi connectivity index (χ2v) is 5.41. The van der Waals surface area contributed by atoms with Crippen LogP contribution in [0.3, 0.4) is 0 Å². The minimum absolute atomic E-state index is 0.0286. The zero-order valence-corrected chi connectivity index (χ0v) is 11.9. The van der Waals surface area contributed by atoms with Gasteiger partial charge in [-0.1, -0.05) is 6.92 Å². The summed E-state index contributed by atoms with van der Waals surface area (Å²) in [7, 11) is 3.65. The summed E-state index contributed by atoms with van der Waals surface area (Å²) < 4.78 is 0. The number of rotatable bonds is 5. The number of likely N-dealkylation sites (N-methyl/N-ethyl adjacent to an activating group) is 2. The second kappa shape index (κ2) is 6.36. The minimum Gasteiger partial charge on any atom is -0.347 e. The maximum Gasteiger partial charge on any atom is 0.239 e. The summed E-state index contributed by atoms with van der Waals surface area (Å²) >= 11 is 0. The molecule has 2 unspecified atom stereocenters. The zero-order valence-electron chi connectivity index (χ0n) is 11.9. The Morgan fingerprint density at radius 3 is 2.47 bits per heavy atom. The first-order valence-electron chi connectivity index (χ1n) is 6.67. The third kappa shape index (κ3) is 3.96. The van der Waals surface area contributed by atoms with Gasteiger partial charge in [-0.2, -0.15) is 0 Å². The quantitative estimate of drug-likeness (QED) is 0.777. The molecule has 100 valence electrons. The van der Waals surface area contributed by atoms with Crippen molar-refractivity contribution >= 4 is 5.91 Å². The molecular formula is C13H27N3O. The van der Waals surface area contributed by atoms with Crippen molar-refractivity contribution in [2.45, 2.75) is 51.7 Å². The van der Waals surface area contributed by atoms with Gasteiger partial charge in [0.25, 0.3) is 0 Å². The molecule has 17 heavy (non-hydrogen) atoms. The van der Waals surface area contributed by atoms with E-state index in [2.05, 4.69) is 31.0 Å². The minimum atomic E-state index is 0.0286. The normalized spacial score (nSPS) is 24.6. The van der Waals surface area contributed by atoms with E-state index >= 15 is 0 Å². The van der Waals surface area contributed by atoms with E-state index in [1.54, 1.807) is 4.90 Å². The SMILES string of the molecule is CCN(CC1CCC(C(=O)N(C)C)N1)C(C)C. The molecule has 4 heteroatoms. The number of carbonyl (C=O) groups excluding carboxylic acids is 1. The summed E-state index contributed by atoms with van der Waals surface area (Å²) in [5.41, 5.74) is 0. The van der Waals surface area contributed by atoms with E-state index in [0.29, 0.717) is 12.1 Å². The van der Waals surface area contributed by atoms with E-state index in [1.807, 2.05) is 14.1 Å². The summed E-state index contributed by atoms with van der Waals surface area (Å²) in [5.74, 6) is 0.208. The standard InChI is InChI=1S/C13H27N3O/c1-6-16(10(2)3)9-11-7-8-12(14-11)13(17)15(4)5/h10-12,14H,6-9H2,1-5H3. The van der Waals surface area contributed by atoms with Crippen LogP contribution in [-0.4, -0.2) is 61.0 Å². The van der Waals surface area contributed by atoms with E-state index in [1.165, 1.54) is 0 Å². The van der Waals surface area contributed by atoms with Crippen molar-refractivity contribution in [3.8, 4) is 0 Å². The topological polar surface area (TPSA) is 35.6 Å². The van der Waals surface area contributed by atoms with Crippen LogP contribution < -0.4 is 5.32 Å². The van der Waals surface area contributed by atoms with Crippen molar-refractivity contribution in [2.75, 3.05) is 27.2 Å². The Hall–Kier alpha value is -0.610. The lowest BCUT2D eigenvalue weighted by atomic mass is 10.1. The fourth-order valence-electron chi connectivity index (χ4n) is 2.46. The predicted octanol–water partition coefficient (Wildman–Crippen LogP) is 0.926. The first-order valence-corrected chi connectivity index (χ1v) is 6.67. The molecule has 4 nitrogen and oxygen atoms in total. The molecule has 1 fully saturated rings. The van der Waals surface area contributed by atoms with Gasteiger partial charge in [-0.05, 0) is 33.2 Å². The van der Waals surface area contributed by atoms with Gasteiger partial charge >= 0.3 is 0 Å². The molecule has 1 rings (SSSR count). The first kappa shape index (κ1) is 14.5. The van der Waals surface area contributed by atoms with Crippen molar-refractivity contribution < 1.29 is 4.79 Å². The number of hydrogen-bond acceptors (Lipinski definition) is 3. The van der Waals surface area contributed by atoms with E-state index in [-0.39, 0.29) is 11.9 Å². The summed E-state index contributed by atoms with van der Waals surface area (Å²) in [6.45, 7) is 8.76. The lowest BCUT2D eigenvalue weighted by molar-refractivity contribution is -0.130. The molecule has 1 amide bonds.